The number of nitrogens with one attached hydrogen (secondary N) is 1. The summed E-state index contributed by atoms with van der Waals surface area (Å²) in [6.07, 6.45) is 0.299. The van der Waals surface area contributed by atoms with Gasteiger partial charge in [-0.05, 0) is 17.0 Å². The van der Waals surface area contributed by atoms with E-state index >= 15 is 0 Å². The molecule has 18 heavy (non-hydrogen) atoms. The number of fused-ring (bicyclic) bond motifs is 1. The SMILES string of the molecule is CC1c2ccccc2C(O)C(=N)CC1S(C)(=O)=O. The van der Waals surface area contributed by atoms with Gasteiger partial charge in [-0.25, -0.2) is 8.42 Å². The van der Waals surface area contributed by atoms with Crippen LogP contribution in [-0.4, -0.2) is 30.7 Å². The van der Waals surface area contributed by atoms with E-state index in [2.05, 4.69) is 0 Å². The molecule has 1 aliphatic carbocycles. The lowest BCUT2D eigenvalue weighted by Gasteiger charge is -2.20. The molecule has 0 radical (unpaired) electrons. The second kappa shape index (κ2) is 4.48. The first-order valence-electron chi connectivity index (χ1n) is 5.85. The monoisotopic (exact) mass is 267 g/mol. The number of sulfone groups is 1. The lowest BCUT2D eigenvalue weighted by Crippen LogP contribution is -2.27. The maximum atomic E-state index is 11.8. The van der Waals surface area contributed by atoms with Crippen molar-refractivity contribution >= 4 is 15.5 Å². The van der Waals surface area contributed by atoms with Crippen LogP contribution in [0.2, 0.25) is 0 Å². The van der Waals surface area contributed by atoms with Crippen molar-refractivity contribution in [2.75, 3.05) is 6.26 Å². The summed E-state index contributed by atoms with van der Waals surface area (Å²) in [6.45, 7) is 1.84. The van der Waals surface area contributed by atoms with Gasteiger partial charge in [-0.1, -0.05) is 31.2 Å². The van der Waals surface area contributed by atoms with E-state index in [4.69, 9.17) is 5.41 Å². The number of hydrogen-bond donors (Lipinski definition) is 2. The lowest BCUT2D eigenvalue weighted by atomic mass is 9.93. The Morgan fingerprint density at radius 1 is 1.28 bits per heavy atom. The minimum Gasteiger partial charge on any atom is -0.382 e. The molecule has 0 saturated heterocycles. The van der Waals surface area contributed by atoms with Crippen molar-refractivity contribution in [3.63, 3.8) is 0 Å². The van der Waals surface area contributed by atoms with E-state index in [-0.39, 0.29) is 18.1 Å². The van der Waals surface area contributed by atoms with E-state index in [0.29, 0.717) is 5.56 Å². The second-order valence-electron chi connectivity index (χ2n) is 4.92. The van der Waals surface area contributed by atoms with E-state index in [1.807, 2.05) is 19.1 Å². The summed E-state index contributed by atoms with van der Waals surface area (Å²) in [7, 11) is -3.25. The largest absolute Gasteiger partial charge is 0.382 e. The van der Waals surface area contributed by atoms with Gasteiger partial charge in [0, 0.05) is 18.4 Å². The number of benzene rings is 1. The standard InChI is InChI=1S/C13H17NO3S/c1-8-9-5-3-4-6-10(9)13(15)11(14)7-12(8)18(2,16)17/h3-6,8,12-15H,7H2,1-2H3. The van der Waals surface area contributed by atoms with Gasteiger partial charge in [-0.3, -0.25) is 0 Å². The summed E-state index contributed by atoms with van der Waals surface area (Å²) in [6, 6.07) is 7.22. The maximum absolute atomic E-state index is 11.8. The zero-order chi connectivity index (χ0) is 13.5. The maximum Gasteiger partial charge on any atom is 0.151 e. The smallest absolute Gasteiger partial charge is 0.151 e. The zero-order valence-electron chi connectivity index (χ0n) is 10.4. The van der Waals surface area contributed by atoms with E-state index in [1.54, 1.807) is 12.1 Å². The third-order valence-electron chi connectivity index (χ3n) is 3.64. The minimum absolute atomic E-state index is 0.0715. The van der Waals surface area contributed by atoms with E-state index in [9.17, 15) is 13.5 Å². The Bertz CT molecular complexity index is 580. The fraction of sp³-hybridized carbons (Fsp3) is 0.462. The summed E-state index contributed by atoms with van der Waals surface area (Å²) in [5.74, 6) is -0.214. The molecule has 0 spiro atoms. The van der Waals surface area contributed by atoms with Gasteiger partial charge in [-0.2, -0.15) is 0 Å². The highest BCUT2D eigenvalue weighted by Gasteiger charge is 2.36. The highest BCUT2D eigenvalue weighted by Crippen LogP contribution is 2.36. The Kier molecular flexibility index (Phi) is 3.29. The molecule has 2 N–H and O–H groups in total. The van der Waals surface area contributed by atoms with Crippen molar-refractivity contribution in [1.29, 1.82) is 5.41 Å². The molecular formula is C13H17NO3S. The number of aliphatic hydroxyl groups is 1. The molecule has 1 aromatic rings. The van der Waals surface area contributed by atoms with Crippen molar-refractivity contribution in [2.24, 2.45) is 0 Å². The first-order valence-corrected chi connectivity index (χ1v) is 7.81. The fourth-order valence-electron chi connectivity index (χ4n) is 2.59. The molecule has 1 aromatic carbocycles. The first-order chi connectivity index (χ1) is 8.32. The van der Waals surface area contributed by atoms with Gasteiger partial charge in [0.25, 0.3) is 0 Å². The summed E-state index contributed by atoms with van der Waals surface area (Å²) in [4.78, 5) is 0. The molecule has 0 saturated carbocycles. The van der Waals surface area contributed by atoms with Crippen LogP contribution in [0.3, 0.4) is 0 Å². The molecule has 0 amide bonds. The highest BCUT2D eigenvalue weighted by atomic mass is 32.2. The first kappa shape index (κ1) is 13.2. The molecule has 0 fully saturated rings. The Hall–Kier alpha value is -1.20. The van der Waals surface area contributed by atoms with Crippen LogP contribution in [0, 0.1) is 5.41 Å². The number of rotatable bonds is 1. The van der Waals surface area contributed by atoms with Crippen molar-refractivity contribution in [3.8, 4) is 0 Å². The van der Waals surface area contributed by atoms with Gasteiger partial charge in [-0.15, -0.1) is 0 Å². The average molecular weight is 267 g/mol. The molecule has 0 heterocycles. The predicted octanol–water partition coefficient (Wildman–Crippen LogP) is 1.66. The molecule has 1 aliphatic rings. The molecule has 4 nitrogen and oxygen atoms in total. The molecule has 0 bridgehead atoms. The van der Waals surface area contributed by atoms with Crippen LogP contribution in [0.5, 0.6) is 0 Å². The lowest BCUT2D eigenvalue weighted by molar-refractivity contribution is 0.244. The van der Waals surface area contributed by atoms with Crippen LogP contribution in [-0.2, 0) is 9.84 Å². The quantitative estimate of drug-likeness (QED) is 0.760. The average Bonchev–Trinajstić information content (AvgIpc) is 2.40. The molecule has 0 aromatic heterocycles. The van der Waals surface area contributed by atoms with Crippen molar-refractivity contribution in [1.82, 2.24) is 0 Å². The number of hydrogen-bond acceptors (Lipinski definition) is 4. The highest BCUT2D eigenvalue weighted by molar-refractivity contribution is 7.91. The topological polar surface area (TPSA) is 78.2 Å². The fourth-order valence-corrected chi connectivity index (χ4v) is 3.96. The third-order valence-corrected chi connectivity index (χ3v) is 5.31. The molecule has 3 atom stereocenters. The van der Waals surface area contributed by atoms with E-state index in [1.165, 1.54) is 6.26 Å². The molecular weight excluding hydrogens is 250 g/mol. The van der Waals surface area contributed by atoms with Gasteiger partial charge in [0.1, 0.15) is 6.10 Å². The van der Waals surface area contributed by atoms with Crippen LogP contribution >= 0.6 is 0 Å². The van der Waals surface area contributed by atoms with E-state index in [0.717, 1.165) is 5.56 Å². The minimum atomic E-state index is -3.25. The molecule has 98 valence electrons. The second-order valence-corrected chi connectivity index (χ2v) is 7.18. The van der Waals surface area contributed by atoms with Gasteiger partial charge >= 0.3 is 0 Å². The van der Waals surface area contributed by atoms with Gasteiger partial charge < -0.3 is 10.5 Å². The Morgan fingerprint density at radius 2 is 1.83 bits per heavy atom. The van der Waals surface area contributed by atoms with Crippen LogP contribution in [0.15, 0.2) is 24.3 Å². The van der Waals surface area contributed by atoms with Gasteiger partial charge in [0.05, 0.1) is 5.25 Å². The van der Waals surface area contributed by atoms with Crippen molar-refractivity contribution in [2.45, 2.75) is 30.6 Å². The Balaban J connectivity index is 2.60. The Morgan fingerprint density at radius 3 is 2.39 bits per heavy atom. The molecule has 3 unspecified atom stereocenters. The predicted molar refractivity (Wildman–Crippen MR) is 70.8 cm³/mol. The molecule has 2 rings (SSSR count). The van der Waals surface area contributed by atoms with Gasteiger partial charge in [0.15, 0.2) is 9.84 Å². The van der Waals surface area contributed by atoms with Gasteiger partial charge in [0.2, 0.25) is 0 Å². The molecule has 0 aliphatic heterocycles. The summed E-state index contributed by atoms with van der Waals surface area (Å²) in [5.41, 5.74) is 1.55. The van der Waals surface area contributed by atoms with Crippen LogP contribution in [0.4, 0.5) is 0 Å². The van der Waals surface area contributed by atoms with Crippen LogP contribution < -0.4 is 0 Å². The summed E-state index contributed by atoms with van der Waals surface area (Å²) >= 11 is 0. The third kappa shape index (κ3) is 2.20. The summed E-state index contributed by atoms with van der Waals surface area (Å²) in [5, 5.41) is 17.3. The van der Waals surface area contributed by atoms with Crippen molar-refractivity contribution < 1.29 is 13.5 Å². The number of aliphatic hydroxyl groups excluding tert-OH is 1. The van der Waals surface area contributed by atoms with Crippen LogP contribution in [0.25, 0.3) is 0 Å². The zero-order valence-corrected chi connectivity index (χ0v) is 11.2. The van der Waals surface area contributed by atoms with E-state index < -0.39 is 21.2 Å². The van der Waals surface area contributed by atoms with Crippen molar-refractivity contribution in [3.05, 3.63) is 35.4 Å². The normalized spacial score (nSPS) is 28.6. The van der Waals surface area contributed by atoms with Crippen LogP contribution in [0.1, 0.15) is 36.5 Å². The Labute approximate surface area is 107 Å². The molecule has 5 heteroatoms. The summed E-state index contributed by atoms with van der Waals surface area (Å²) < 4.78 is 23.7.